The molecule has 1 N–H and O–H groups in total. The molecule has 1 atom stereocenters. The molecule has 0 spiro atoms. The van der Waals surface area contributed by atoms with E-state index in [0.717, 1.165) is 11.0 Å². The van der Waals surface area contributed by atoms with Crippen molar-refractivity contribution in [2.24, 2.45) is 0 Å². The summed E-state index contributed by atoms with van der Waals surface area (Å²) < 4.78 is 26.5. The molecule has 1 aromatic heterocycles. The zero-order chi connectivity index (χ0) is 21.7. The van der Waals surface area contributed by atoms with Crippen LogP contribution in [-0.4, -0.2) is 39.8 Å². The van der Waals surface area contributed by atoms with Gasteiger partial charge in [-0.05, 0) is 19.1 Å². The lowest BCUT2D eigenvalue weighted by Crippen LogP contribution is -2.31. The second-order valence-electron chi connectivity index (χ2n) is 6.46. The van der Waals surface area contributed by atoms with Crippen LogP contribution in [0.3, 0.4) is 0 Å². The highest BCUT2D eigenvalue weighted by molar-refractivity contribution is 5.95. The lowest BCUT2D eigenvalue weighted by atomic mass is 10.1. The van der Waals surface area contributed by atoms with E-state index in [4.69, 9.17) is 23.4 Å². The smallest absolute Gasteiger partial charge is 0.342 e. The van der Waals surface area contributed by atoms with E-state index in [-0.39, 0.29) is 17.4 Å². The standard InChI is InChI=1S/C22H23NO7/c1-13(17-9-14-7-5-6-8-16(14)30-17)23-21(24)12-29-22(25)15-10-19(27-3)20(28-4)11-18(15)26-2/h5-11,13H,12H2,1-4H3,(H,23,24)/t13-/m0/s1. The van der Waals surface area contributed by atoms with Gasteiger partial charge in [0.25, 0.3) is 5.91 Å². The molecule has 0 aliphatic carbocycles. The van der Waals surface area contributed by atoms with Gasteiger partial charge in [0.15, 0.2) is 18.1 Å². The number of para-hydroxylation sites is 1. The van der Waals surface area contributed by atoms with Gasteiger partial charge in [-0.25, -0.2) is 4.79 Å². The molecule has 0 radical (unpaired) electrons. The molecular formula is C22H23NO7. The van der Waals surface area contributed by atoms with E-state index in [1.165, 1.54) is 33.5 Å². The second kappa shape index (κ2) is 9.21. The summed E-state index contributed by atoms with van der Waals surface area (Å²) in [5, 5.41) is 3.69. The highest BCUT2D eigenvalue weighted by Gasteiger charge is 2.21. The number of carbonyl (C=O) groups excluding carboxylic acids is 2. The molecule has 2 aromatic carbocycles. The Labute approximate surface area is 173 Å². The Balaban J connectivity index is 1.63. The molecule has 0 saturated carbocycles. The molecule has 158 valence electrons. The van der Waals surface area contributed by atoms with Crippen molar-refractivity contribution in [2.75, 3.05) is 27.9 Å². The maximum absolute atomic E-state index is 12.5. The number of fused-ring (bicyclic) bond motifs is 1. The van der Waals surface area contributed by atoms with Crippen LogP contribution in [0.4, 0.5) is 0 Å². The van der Waals surface area contributed by atoms with Crippen LogP contribution in [0.1, 0.15) is 29.1 Å². The van der Waals surface area contributed by atoms with E-state index in [1.54, 1.807) is 6.92 Å². The normalized spacial score (nSPS) is 11.6. The van der Waals surface area contributed by atoms with Gasteiger partial charge in [-0.2, -0.15) is 0 Å². The molecule has 3 aromatic rings. The minimum atomic E-state index is -0.723. The lowest BCUT2D eigenvalue weighted by molar-refractivity contribution is -0.125. The lowest BCUT2D eigenvalue weighted by Gasteiger charge is -2.14. The highest BCUT2D eigenvalue weighted by Crippen LogP contribution is 2.35. The molecule has 0 saturated heterocycles. The summed E-state index contributed by atoms with van der Waals surface area (Å²) in [6, 6.07) is 12.0. The monoisotopic (exact) mass is 413 g/mol. The van der Waals surface area contributed by atoms with Gasteiger partial charge in [0.2, 0.25) is 0 Å². The average Bonchev–Trinajstić information content (AvgIpc) is 3.21. The summed E-state index contributed by atoms with van der Waals surface area (Å²) in [7, 11) is 4.34. The maximum atomic E-state index is 12.5. The molecule has 0 fully saturated rings. The molecule has 1 heterocycles. The summed E-state index contributed by atoms with van der Waals surface area (Å²) in [5.74, 6) is 0.415. The third-order valence-electron chi connectivity index (χ3n) is 4.51. The largest absolute Gasteiger partial charge is 0.496 e. The van der Waals surface area contributed by atoms with Gasteiger partial charge in [0, 0.05) is 17.5 Å². The Morgan fingerprint density at radius 3 is 2.30 bits per heavy atom. The summed E-state index contributed by atoms with van der Waals surface area (Å²) in [4.78, 5) is 24.7. The molecule has 8 heteroatoms. The van der Waals surface area contributed by atoms with Crippen LogP contribution in [0.15, 0.2) is 46.9 Å². The molecule has 30 heavy (non-hydrogen) atoms. The van der Waals surface area contributed by atoms with Gasteiger partial charge in [-0.3, -0.25) is 4.79 Å². The van der Waals surface area contributed by atoms with Crippen LogP contribution in [-0.2, 0) is 9.53 Å². The molecule has 0 unspecified atom stereocenters. The molecule has 1 amide bonds. The Kier molecular flexibility index (Phi) is 6.46. The maximum Gasteiger partial charge on any atom is 0.342 e. The van der Waals surface area contributed by atoms with Crippen LogP contribution in [0, 0.1) is 0 Å². The Morgan fingerprint density at radius 2 is 1.63 bits per heavy atom. The first kappa shape index (κ1) is 21.0. The molecule has 3 rings (SSSR count). The number of rotatable bonds is 8. The SMILES string of the molecule is COc1cc(OC)c(C(=O)OCC(=O)N[C@@H](C)c2cc3ccccc3o2)cc1OC. The van der Waals surface area contributed by atoms with Gasteiger partial charge >= 0.3 is 5.97 Å². The van der Waals surface area contributed by atoms with Crippen molar-refractivity contribution < 1.29 is 33.0 Å². The predicted molar refractivity (Wildman–Crippen MR) is 109 cm³/mol. The zero-order valence-corrected chi connectivity index (χ0v) is 17.2. The number of furan rings is 1. The second-order valence-corrected chi connectivity index (χ2v) is 6.46. The third-order valence-corrected chi connectivity index (χ3v) is 4.51. The van der Waals surface area contributed by atoms with E-state index >= 15 is 0 Å². The fourth-order valence-corrected chi connectivity index (χ4v) is 2.97. The van der Waals surface area contributed by atoms with Crippen molar-refractivity contribution in [3.8, 4) is 17.2 Å². The van der Waals surface area contributed by atoms with Gasteiger partial charge in [0.1, 0.15) is 22.7 Å². The number of benzene rings is 2. The van der Waals surface area contributed by atoms with E-state index < -0.39 is 18.5 Å². The van der Waals surface area contributed by atoms with Crippen LogP contribution in [0.25, 0.3) is 11.0 Å². The fourth-order valence-electron chi connectivity index (χ4n) is 2.97. The molecular weight excluding hydrogens is 390 g/mol. The first-order valence-corrected chi connectivity index (χ1v) is 9.21. The number of esters is 1. The predicted octanol–water partition coefficient (Wildman–Crippen LogP) is 3.49. The van der Waals surface area contributed by atoms with Crippen molar-refractivity contribution in [1.29, 1.82) is 0 Å². The van der Waals surface area contributed by atoms with E-state index in [1.807, 2.05) is 30.3 Å². The fraction of sp³-hybridized carbons (Fsp3) is 0.273. The van der Waals surface area contributed by atoms with Crippen LogP contribution < -0.4 is 19.5 Å². The first-order chi connectivity index (χ1) is 14.5. The van der Waals surface area contributed by atoms with Gasteiger partial charge in [-0.15, -0.1) is 0 Å². The average molecular weight is 413 g/mol. The van der Waals surface area contributed by atoms with Crippen molar-refractivity contribution in [3.05, 3.63) is 53.8 Å². The van der Waals surface area contributed by atoms with E-state index in [0.29, 0.717) is 17.3 Å². The number of amides is 1. The number of methoxy groups -OCH3 is 3. The Morgan fingerprint density at radius 1 is 0.967 bits per heavy atom. The van der Waals surface area contributed by atoms with Crippen LogP contribution >= 0.6 is 0 Å². The number of hydrogen-bond acceptors (Lipinski definition) is 7. The third kappa shape index (κ3) is 4.48. The summed E-state index contributed by atoms with van der Waals surface area (Å²) in [6.07, 6.45) is 0. The Bertz CT molecular complexity index is 1020. The van der Waals surface area contributed by atoms with Gasteiger partial charge < -0.3 is 28.7 Å². The number of nitrogens with one attached hydrogen (secondary N) is 1. The zero-order valence-electron chi connectivity index (χ0n) is 17.2. The quantitative estimate of drug-likeness (QED) is 0.565. The van der Waals surface area contributed by atoms with Crippen molar-refractivity contribution in [1.82, 2.24) is 5.32 Å². The minimum absolute atomic E-state index is 0.119. The first-order valence-electron chi connectivity index (χ1n) is 9.21. The molecule has 8 nitrogen and oxygen atoms in total. The van der Waals surface area contributed by atoms with Gasteiger partial charge in [0.05, 0.1) is 27.4 Å². The van der Waals surface area contributed by atoms with E-state index in [2.05, 4.69) is 5.32 Å². The topological polar surface area (TPSA) is 96.2 Å². The Hall–Kier alpha value is -3.68. The van der Waals surface area contributed by atoms with Crippen molar-refractivity contribution in [3.63, 3.8) is 0 Å². The van der Waals surface area contributed by atoms with Crippen LogP contribution in [0.2, 0.25) is 0 Å². The van der Waals surface area contributed by atoms with Crippen molar-refractivity contribution >= 4 is 22.8 Å². The summed E-state index contributed by atoms with van der Waals surface area (Å²) in [5.41, 5.74) is 0.855. The molecule has 0 bridgehead atoms. The minimum Gasteiger partial charge on any atom is -0.496 e. The number of carbonyl (C=O) groups is 2. The van der Waals surface area contributed by atoms with E-state index in [9.17, 15) is 9.59 Å². The number of ether oxygens (including phenoxy) is 4. The molecule has 0 aliphatic heterocycles. The highest BCUT2D eigenvalue weighted by atomic mass is 16.5. The number of hydrogen-bond donors (Lipinski definition) is 1. The summed E-state index contributed by atoms with van der Waals surface area (Å²) >= 11 is 0. The molecule has 0 aliphatic rings. The van der Waals surface area contributed by atoms with Crippen molar-refractivity contribution in [2.45, 2.75) is 13.0 Å². The van der Waals surface area contributed by atoms with Gasteiger partial charge in [-0.1, -0.05) is 18.2 Å². The van der Waals surface area contributed by atoms with Crippen LogP contribution in [0.5, 0.6) is 17.2 Å². The summed E-state index contributed by atoms with van der Waals surface area (Å²) in [6.45, 7) is 1.33.